The third-order valence-electron chi connectivity index (χ3n) is 5.01. The molecule has 0 aromatic heterocycles. The van der Waals surface area contributed by atoms with Crippen LogP contribution in [0.2, 0.25) is 0 Å². The smallest absolute Gasteiger partial charge is 0.0897 e. The van der Waals surface area contributed by atoms with Crippen LogP contribution in [0.4, 0.5) is 0 Å². The largest absolute Gasteiger partial charge is 0.385 e. The lowest BCUT2D eigenvalue weighted by atomic mass is 9.77. The third kappa shape index (κ3) is 2.89. The van der Waals surface area contributed by atoms with Crippen LogP contribution in [0.5, 0.6) is 0 Å². The number of benzene rings is 1. The van der Waals surface area contributed by atoms with Crippen molar-refractivity contribution in [2.45, 2.75) is 49.8 Å². The molecule has 110 valence electrons. The Morgan fingerprint density at radius 1 is 1.15 bits per heavy atom. The van der Waals surface area contributed by atoms with Gasteiger partial charge in [-0.2, -0.15) is 0 Å². The number of thiol groups is 1. The molecule has 1 unspecified atom stereocenters. The van der Waals surface area contributed by atoms with Gasteiger partial charge >= 0.3 is 0 Å². The van der Waals surface area contributed by atoms with E-state index in [4.69, 9.17) is 0 Å². The van der Waals surface area contributed by atoms with E-state index in [9.17, 15) is 5.11 Å². The van der Waals surface area contributed by atoms with Crippen LogP contribution in [-0.2, 0) is 5.60 Å². The molecule has 1 heterocycles. The molecule has 1 saturated carbocycles. The van der Waals surface area contributed by atoms with Gasteiger partial charge in [0.2, 0.25) is 0 Å². The van der Waals surface area contributed by atoms with E-state index in [1.165, 1.54) is 6.42 Å². The molecule has 2 N–H and O–H groups in total. The van der Waals surface area contributed by atoms with Crippen LogP contribution in [-0.4, -0.2) is 35.2 Å². The zero-order valence-electron chi connectivity index (χ0n) is 11.8. The first-order valence-electron chi connectivity index (χ1n) is 7.63. The van der Waals surface area contributed by atoms with Crippen LogP contribution in [0.25, 0.3) is 0 Å². The maximum absolute atomic E-state index is 10.9. The number of hydrogen-bond donors (Lipinski definition) is 3. The summed E-state index contributed by atoms with van der Waals surface area (Å²) in [5, 5.41) is 10.9. The van der Waals surface area contributed by atoms with Gasteiger partial charge in [0.15, 0.2) is 0 Å². The molecule has 2 aliphatic rings. The third-order valence-corrected chi connectivity index (χ3v) is 5.38. The van der Waals surface area contributed by atoms with E-state index in [0.29, 0.717) is 12.1 Å². The lowest BCUT2D eigenvalue weighted by Crippen LogP contribution is -2.42. The summed E-state index contributed by atoms with van der Waals surface area (Å²) in [6.07, 6.45) is 5.10. The highest BCUT2D eigenvalue weighted by Gasteiger charge is 2.38. The number of hydrogen-bond acceptors (Lipinski definition) is 4. The average Bonchev–Trinajstić information content (AvgIpc) is 2.98. The van der Waals surface area contributed by atoms with Crippen molar-refractivity contribution in [3.05, 3.63) is 35.9 Å². The molecule has 2 fully saturated rings. The summed E-state index contributed by atoms with van der Waals surface area (Å²) in [5.74, 6) is 0. The lowest BCUT2D eigenvalue weighted by Gasteiger charge is -2.40. The first kappa shape index (κ1) is 14.4. The first-order chi connectivity index (χ1) is 9.71. The van der Waals surface area contributed by atoms with Crippen molar-refractivity contribution in [3.63, 3.8) is 0 Å². The summed E-state index contributed by atoms with van der Waals surface area (Å²) >= 11 is 4.18. The fourth-order valence-electron chi connectivity index (χ4n) is 3.71. The number of rotatable bonds is 3. The molecular weight excluding hydrogens is 268 g/mol. The molecule has 0 amide bonds. The molecule has 1 aliphatic heterocycles. The van der Waals surface area contributed by atoms with Gasteiger partial charge < -0.3 is 5.11 Å². The second-order valence-corrected chi connectivity index (χ2v) is 6.50. The zero-order chi connectivity index (χ0) is 14.0. The van der Waals surface area contributed by atoms with Crippen molar-refractivity contribution in [1.29, 1.82) is 0 Å². The Hall–Kier alpha value is -0.550. The zero-order valence-corrected chi connectivity index (χ0v) is 12.7. The Morgan fingerprint density at radius 2 is 1.85 bits per heavy atom. The molecule has 1 aliphatic carbocycles. The Bertz CT molecular complexity index is 431. The molecule has 4 heteroatoms. The molecular formula is C16H24N2OS. The van der Waals surface area contributed by atoms with Crippen LogP contribution in [0.3, 0.4) is 0 Å². The fourth-order valence-corrected chi connectivity index (χ4v) is 3.92. The predicted molar refractivity (Wildman–Crippen MR) is 84.7 cm³/mol. The topological polar surface area (TPSA) is 35.5 Å². The molecule has 0 bridgehead atoms. The van der Waals surface area contributed by atoms with Gasteiger partial charge in [-0.3, -0.25) is 9.62 Å². The monoisotopic (exact) mass is 292 g/mol. The quantitative estimate of drug-likeness (QED) is 0.748. The molecule has 1 aromatic rings. The van der Waals surface area contributed by atoms with Crippen LogP contribution in [0.1, 0.15) is 37.7 Å². The summed E-state index contributed by atoms with van der Waals surface area (Å²) in [6.45, 7) is 2.25. The van der Waals surface area contributed by atoms with Crippen LogP contribution < -0.4 is 4.72 Å². The van der Waals surface area contributed by atoms with Gasteiger partial charge in [-0.25, -0.2) is 0 Å². The molecule has 20 heavy (non-hydrogen) atoms. The minimum absolute atomic E-state index is 0.522. The van der Waals surface area contributed by atoms with Gasteiger partial charge in [0.1, 0.15) is 0 Å². The summed E-state index contributed by atoms with van der Waals surface area (Å²) in [5.41, 5.74) is 0.466. The second kappa shape index (κ2) is 6.06. The summed E-state index contributed by atoms with van der Waals surface area (Å²) in [7, 11) is 0. The van der Waals surface area contributed by atoms with E-state index < -0.39 is 5.60 Å². The molecule has 1 aromatic carbocycles. The Kier molecular flexibility index (Phi) is 4.36. The summed E-state index contributed by atoms with van der Waals surface area (Å²) in [6, 6.07) is 11.3. The SMILES string of the molecule is OC1(c2ccccc2)CCC(N2CCC(NS)C2)CC1. The van der Waals surface area contributed by atoms with E-state index in [-0.39, 0.29) is 0 Å². The van der Waals surface area contributed by atoms with E-state index in [2.05, 4.69) is 34.6 Å². The van der Waals surface area contributed by atoms with E-state index >= 15 is 0 Å². The van der Waals surface area contributed by atoms with Crippen molar-refractivity contribution >= 4 is 12.8 Å². The Balaban J connectivity index is 1.60. The highest BCUT2D eigenvalue weighted by Crippen LogP contribution is 2.39. The molecule has 1 saturated heterocycles. The molecule has 3 rings (SSSR count). The van der Waals surface area contributed by atoms with E-state index in [1.54, 1.807) is 0 Å². The summed E-state index contributed by atoms with van der Waals surface area (Å²) in [4.78, 5) is 2.57. The lowest BCUT2D eigenvalue weighted by molar-refractivity contribution is -0.0223. The predicted octanol–water partition coefficient (Wildman–Crippen LogP) is 2.33. The van der Waals surface area contributed by atoms with Crippen LogP contribution in [0, 0.1) is 0 Å². The normalized spacial score (nSPS) is 35.3. The number of nitrogens with zero attached hydrogens (tertiary/aromatic N) is 1. The van der Waals surface area contributed by atoms with Crippen molar-refractivity contribution in [2.75, 3.05) is 13.1 Å². The Labute approximate surface area is 126 Å². The van der Waals surface area contributed by atoms with Gasteiger partial charge in [-0.1, -0.05) is 43.1 Å². The number of nitrogens with one attached hydrogen (secondary N) is 1. The minimum atomic E-state index is -0.612. The standard InChI is InChI=1S/C16H24N2OS/c19-16(13-4-2-1-3-5-13)9-6-15(7-10-16)18-11-8-14(12-18)17-20/h1-5,14-15,17,19-20H,6-12H2. The van der Waals surface area contributed by atoms with Crippen LogP contribution >= 0.6 is 12.8 Å². The van der Waals surface area contributed by atoms with Gasteiger partial charge in [0, 0.05) is 25.2 Å². The first-order valence-corrected chi connectivity index (χ1v) is 8.07. The summed E-state index contributed by atoms with van der Waals surface area (Å²) < 4.78 is 3.08. The highest BCUT2D eigenvalue weighted by atomic mass is 32.1. The van der Waals surface area contributed by atoms with Gasteiger partial charge in [0.25, 0.3) is 0 Å². The van der Waals surface area contributed by atoms with E-state index in [1.807, 2.05) is 18.2 Å². The van der Waals surface area contributed by atoms with Crippen molar-refractivity contribution in [2.24, 2.45) is 0 Å². The number of aliphatic hydroxyl groups is 1. The molecule has 0 spiro atoms. The Morgan fingerprint density at radius 3 is 2.45 bits per heavy atom. The maximum atomic E-state index is 10.9. The van der Waals surface area contributed by atoms with Crippen LogP contribution in [0.15, 0.2) is 30.3 Å². The molecule has 1 atom stereocenters. The minimum Gasteiger partial charge on any atom is -0.385 e. The van der Waals surface area contributed by atoms with Gasteiger partial charge in [-0.05, 0) is 37.7 Å². The molecule has 0 radical (unpaired) electrons. The average molecular weight is 292 g/mol. The second-order valence-electron chi connectivity index (χ2n) is 6.24. The molecule has 3 nitrogen and oxygen atoms in total. The van der Waals surface area contributed by atoms with Crippen molar-refractivity contribution < 1.29 is 5.11 Å². The number of likely N-dealkylation sites (tertiary alicyclic amines) is 1. The van der Waals surface area contributed by atoms with Crippen molar-refractivity contribution in [3.8, 4) is 0 Å². The maximum Gasteiger partial charge on any atom is 0.0897 e. The van der Waals surface area contributed by atoms with Crippen molar-refractivity contribution in [1.82, 2.24) is 9.62 Å². The van der Waals surface area contributed by atoms with E-state index in [0.717, 1.165) is 44.3 Å². The van der Waals surface area contributed by atoms with Gasteiger partial charge in [-0.15, -0.1) is 0 Å². The van der Waals surface area contributed by atoms with Gasteiger partial charge in [0.05, 0.1) is 5.60 Å². The highest BCUT2D eigenvalue weighted by molar-refractivity contribution is 7.78. The fraction of sp³-hybridized carbons (Fsp3) is 0.625.